The highest BCUT2D eigenvalue weighted by atomic mass is 19.1. The van der Waals surface area contributed by atoms with Crippen LogP contribution >= 0.6 is 0 Å². The van der Waals surface area contributed by atoms with Crippen LogP contribution in [0.1, 0.15) is 44.7 Å². The highest BCUT2D eigenvalue weighted by molar-refractivity contribution is 5.37. The third-order valence-corrected chi connectivity index (χ3v) is 3.83. The van der Waals surface area contributed by atoms with E-state index >= 15 is 0 Å². The van der Waals surface area contributed by atoms with Gasteiger partial charge in [0.05, 0.1) is 0 Å². The maximum atomic E-state index is 14.7. The number of aryl methyl sites for hydroxylation is 1. The molecule has 0 N–H and O–H groups in total. The lowest BCUT2D eigenvalue weighted by Gasteiger charge is -2.37. The molecule has 1 aliphatic rings. The molecule has 2 rings (SSSR count). The first-order valence-corrected chi connectivity index (χ1v) is 7.77. The van der Waals surface area contributed by atoms with E-state index in [1.807, 2.05) is 31.2 Å². The van der Waals surface area contributed by atoms with Crippen LogP contribution in [0.5, 0.6) is 0 Å². The lowest BCUT2D eigenvalue weighted by atomic mass is 9.90. The zero-order chi connectivity index (χ0) is 15.5. The number of hydrogen-bond donors (Lipinski definition) is 0. The standard InChI is InChI=1S/C19H26FN/c1-16-5-7-17(8-6-16)9-10-19(20)11-13-21(14-12-19)15-18(2,3)4/h5-8H,11-15H2,1-4H3. The molecule has 1 saturated heterocycles. The van der Waals surface area contributed by atoms with Gasteiger partial charge in [-0.25, -0.2) is 4.39 Å². The van der Waals surface area contributed by atoms with Gasteiger partial charge in [0.2, 0.25) is 0 Å². The Balaban J connectivity index is 1.95. The van der Waals surface area contributed by atoms with E-state index in [2.05, 4.69) is 37.5 Å². The number of benzene rings is 1. The summed E-state index contributed by atoms with van der Waals surface area (Å²) in [6.07, 6.45) is 1.03. The molecule has 1 aromatic carbocycles. The van der Waals surface area contributed by atoms with Crippen molar-refractivity contribution in [3.05, 3.63) is 35.4 Å². The summed E-state index contributed by atoms with van der Waals surface area (Å²) in [6, 6.07) is 7.95. The molecule has 1 fully saturated rings. The molecule has 21 heavy (non-hydrogen) atoms. The Morgan fingerprint density at radius 2 is 1.71 bits per heavy atom. The molecule has 1 nitrogen and oxygen atoms in total. The SMILES string of the molecule is Cc1ccc(C#CC2(F)CCN(CC(C)(C)C)CC2)cc1. The molecule has 1 aliphatic heterocycles. The predicted molar refractivity (Wildman–Crippen MR) is 87.0 cm³/mol. The predicted octanol–water partition coefficient (Wildman–Crippen LogP) is 4.20. The topological polar surface area (TPSA) is 3.24 Å². The Morgan fingerprint density at radius 1 is 1.14 bits per heavy atom. The Kier molecular flexibility index (Phi) is 4.74. The van der Waals surface area contributed by atoms with Gasteiger partial charge in [0.15, 0.2) is 5.67 Å². The molecule has 0 spiro atoms. The van der Waals surface area contributed by atoms with E-state index in [-0.39, 0.29) is 5.41 Å². The molecule has 2 heteroatoms. The molecule has 1 aromatic rings. The summed E-state index contributed by atoms with van der Waals surface area (Å²) < 4.78 is 14.7. The van der Waals surface area contributed by atoms with Crippen LogP contribution in [0.15, 0.2) is 24.3 Å². The van der Waals surface area contributed by atoms with E-state index in [0.29, 0.717) is 12.8 Å². The quantitative estimate of drug-likeness (QED) is 0.700. The Morgan fingerprint density at radius 3 is 2.24 bits per heavy atom. The van der Waals surface area contributed by atoms with Crippen LogP contribution < -0.4 is 0 Å². The fourth-order valence-electron chi connectivity index (χ4n) is 2.68. The van der Waals surface area contributed by atoms with Gasteiger partial charge in [-0.15, -0.1) is 0 Å². The summed E-state index contributed by atoms with van der Waals surface area (Å²) in [5, 5.41) is 0. The van der Waals surface area contributed by atoms with E-state index < -0.39 is 5.67 Å². The van der Waals surface area contributed by atoms with Crippen LogP contribution in [0.3, 0.4) is 0 Å². The average Bonchev–Trinajstić information content (AvgIpc) is 2.40. The summed E-state index contributed by atoms with van der Waals surface area (Å²) in [6.45, 7) is 11.3. The zero-order valence-electron chi connectivity index (χ0n) is 13.7. The number of alkyl halides is 1. The van der Waals surface area contributed by atoms with Crippen molar-refractivity contribution < 1.29 is 4.39 Å². The number of halogens is 1. The molecule has 0 aromatic heterocycles. The van der Waals surface area contributed by atoms with Crippen LogP contribution in [-0.4, -0.2) is 30.2 Å². The highest BCUT2D eigenvalue weighted by Crippen LogP contribution is 2.28. The third kappa shape index (κ3) is 5.17. The number of rotatable bonds is 1. The normalized spacial score (nSPS) is 18.9. The molecule has 0 amide bonds. The van der Waals surface area contributed by atoms with E-state index in [1.54, 1.807) is 0 Å². The van der Waals surface area contributed by atoms with E-state index in [9.17, 15) is 4.39 Å². The Labute approximate surface area is 128 Å². The zero-order valence-corrected chi connectivity index (χ0v) is 13.7. The summed E-state index contributed by atoms with van der Waals surface area (Å²) in [5.41, 5.74) is 1.05. The van der Waals surface area contributed by atoms with Gasteiger partial charge in [-0.1, -0.05) is 50.3 Å². The van der Waals surface area contributed by atoms with Gasteiger partial charge < -0.3 is 4.90 Å². The van der Waals surface area contributed by atoms with Gasteiger partial charge >= 0.3 is 0 Å². The van der Waals surface area contributed by atoms with Gasteiger partial charge in [-0.05, 0) is 24.5 Å². The second kappa shape index (κ2) is 6.20. The molecule has 1 heterocycles. The summed E-state index contributed by atoms with van der Waals surface area (Å²) in [5.74, 6) is 5.88. The third-order valence-electron chi connectivity index (χ3n) is 3.83. The summed E-state index contributed by atoms with van der Waals surface area (Å²) in [4.78, 5) is 2.35. The van der Waals surface area contributed by atoms with Gasteiger partial charge in [0.1, 0.15) is 0 Å². The monoisotopic (exact) mass is 287 g/mol. The van der Waals surface area contributed by atoms with Crippen LogP contribution in [0.4, 0.5) is 4.39 Å². The smallest absolute Gasteiger partial charge is 0.173 e. The lowest BCUT2D eigenvalue weighted by molar-refractivity contribution is 0.0819. The molecule has 0 atom stereocenters. The first-order valence-electron chi connectivity index (χ1n) is 7.77. The number of likely N-dealkylation sites (tertiary alicyclic amines) is 1. The van der Waals surface area contributed by atoms with Gasteiger partial charge in [0.25, 0.3) is 0 Å². The fraction of sp³-hybridized carbons (Fsp3) is 0.579. The average molecular weight is 287 g/mol. The lowest BCUT2D eigenvalue weighted by Crippen LogP contribution is -2.44. The van der Waals surface area contributed by atoms with Crippen LogP contribution in [0, 0.1) is 24.2 Å². The number of piperidine rings is 1. The first kappa shape index (κ1) is 16.0. The van der Waals surface area contributed by atoms with E-state index in [1.165, 1.54) is 5.56 Å². The van der Waals surface area contributed by atoms with Crippen LogP contribution in [0.25, 0.3) is 0 Å². The largest absolute Gasteiger partial charge is 0.303 e. The van der Waals surface area contributed by atoms with Crippen molar-refractivity contribution in [1.29, 1.82) is 0 Å². The minimum atomic E-state index is -1.32. The van der Waals surface area contributed by atoms with Crippen molar-refractivity contribution in [3.63, 3.8) is 0 Å². The van der Waals surface area contributed by atoms with Crippen LogP contribution in [-0.2, 0) is 0 Å². The second-order valence-electron chi connectivity index (χ2n) is 7.42. The first-order chi connectivity index (χ1) is 9.76. The van der Waals surface area contributed by atoms with Gasteiger partial charge in [-0.3, -0.25) is 0 Å². The maximum absolute atomic E-state index is 14.7. The van der Waals surface area contributed by atoms with E-state index in [4.69, 9.17) is 0 Å². The van der Waals surface area contributed by atoms with Gasteiger partial charge in [-0.2, -0.15) is 0 Å². The minimum Gasteiger partial charge on any atom is -0.303 e. The summed E-state index contributed by atoms with van der Waals surface area (Å²) in [7, 11) is 0. The molecule has 0 unspecified atom stereocenters. The van der Waals surface area contributed by atoms with Crippen molar-refractivity contribution in [2.75, 3.05) is 19.6 Å². The molecule has 0 radical (unpaired) electrons. The maximum Gasteiger partial charge on any atom is 0.173 e. The number of hydrogen-bond acceptors (Lipinski definition) is 1. The molecule has 114 valence electrons. The Hall–Kier alpha value is -1.33. The highest BCUT2D eigenvalue weighted by Gasteiger charge is 2.33. The number of nitrogens with zero attached hydrogens (tertiary/aromatic N) is 1. The van der Waals surface area contributed by atoms with Crippen molar-refractivity contribution in [1.82, 2.24) is 4.90 Å². The second-order valence-corrected chi connectivity index (χ2v) is 7.42. The Bertz CT molecular complexity index is 519. The van der Waals surface area contributed by atoms with E-state index in [0.717, 1.165) is 25.2 Å². The molecule has 0 aliphatic carbocycles. The van der Waals surface area contributed by atoms with Crippen molar-refractivity contribution >= 4 is 0 Å². The summed E-state index contributed by atoms with van der Waals surface area (Å²) >= 11 is 0. The van der Waals surface area contributed by atoms with Gasteiger partial charge in [0, 0.05) is 38.0 Å². The van der Waals surface area contributed by atoms with Crippen molar-refractivity contribution in [3.8, 4) is 11.8 Å². The molecule has 0 saturated carbocycles. The molecular formula is C19H26FN. The molecular weight excluding hydrogens is 261 g/mol. The van der Waals surface area contributed by atoms with Crippen molar-refractivity contribution in [2.45, 2.75) is 46.2 Å². The van der Waals surface area contributed by atoms with Crippen LogP contribution in [0.2, 0.25) is 0 Å². The minimum absolute atomic E-state index is 0.268. The molecule has 0 bridgehead atoms. The fourth-order valence-corrected chi connectivity index (χ4v) is 2.68. The van der Waals surface area contributed by atoms with Crippen molar-refractivity contribution in [2.24, 2.45) is 5.41 Å².